The number of ether oxygens (including phenoxy) is 1. The second-order valence-corrected chi connectivity index (χ2v) is 5.43. The van der Waals surface area contributed by atoms with Crippen LogP contribution < -0.4 is 10.1 Å². The Hall–Kier alpha value is -1.75. The molecule has 1 N–H and O–H groups in total. The molecule has 0 saturated carbocycles. The van der Waals surface area contributed by atoms with Crippen molar-refractivity contribution in [3.8, 4) is 5.75 Å². The van der Waals surface area contributed by atoms with Crippen molar-refractivity contribution in [1.29, 1.82) is 0 Å². The van der Waals surface area contributed by atoms with Gasteiger partial charge < -0.3 is 14.6 Å². The molecule has 1 aliphatic rings. The smallest absolute Gasteiger partial charge is 0.222 e. The number of carbonyl (C=O) groups is 1. The summed E-state index contributed by atoms with van der Waals surface area (Å²) in [5.41, 5.74) is 1.85. The lowest BCUT2D eigenvalue weighted by molar-refractivity contribution is -0.119. The molecule has 3 rings (SSSR count). The zero-order chi connectivity index (χ0) is 14.8. The summed E-state index contributed by atoms with van der Waals surface area (Å²) in [4.78, 5) is 16.2. The van der Waals surface area contributed by atoms with Gasteiger partial charge in [0, 0.05) is 25.3 Å². The fourth-order valence-corrected chi connectivity index (χ4v) is 3.02. The standard InChI is InChI=1S/C15H18ClN3O2/c1-2-21-12-5-3-4-11-15(12)18-13(6-7-16)19(11)10-8-14(20)17-9-10/h3-5,10H,2,6-9H2,1H3,(H,17,20). The van der Waals surface area contributed by atoms with Crippen molar-refractivity contribution in [3.63, 3.8) is 0 Å². The summed E-state index contributed by atoms with van der Waals surface area (Å²) in [5.74, 6) is 2.27. The number of aryl methyl sites for hydroxylation is 1. The fraction of sp³-hybridized carbons (Fsp3) is 0.467. The van der Waals surface area contributed by atoms with Crippen molar-refractivity contribution < 1.29 is 9.53 Å². The van der Waals surface area contributed by atoms with E-state index in [2.05, 4.69) is 9.88 Å². The molecule has 0 aliphatic carbocycles. The lowest BCUT2D eigenvalue weighted by Crippen LogP contribution is -2.17. The minimum atomic E-state index is 0.0830. The van der Waals surface area contributed by atoms with Gasteiger partial charge in [0.2, 0.25) is 5.91 Å². The van der Waals surface area contributed by atoms with Crippen LogP contribution in [0.2, 0.25) is 0 Å². The van der Waals surface area contributed by atoms with Crippen molar-refractivity contribution in [2.24, 2.45) is 0 Å². The molecule has 0 radical (unpaired) electrons. The lowest BCUT2D eigenvalue weighted by Gasteiger charge is -2.14. The first kappa shape index (κ1) is 14.2. The van der Waals surface area contributed by atoms with Gasteiger partial charge in [-0.2, -0.15) is 0 Å². The van der Waals surface area contributed by atoms with Crippen LogP contribution in [-0.2, 0) is 11.2 Å². The summed E-state index contributed by atoms with van der Waals surface area (Å²) in [5, 5.41) is 2.88. The molecule has 1 amide bonds. The number of aromatic nitrogens is 2. The Bertz CT molecular complexity index is 668. The fourth-order valence-electron chi connectivity index (χ4n) is 2.85. The average Bonchev–Trinajstić information content (AvgIpc) is 3.03. The Kier molecular flexibility index (Phi) is 4.01. The van der Waals surface area contributed by atoms with E-state index in [0.717, 1.165) is 22.6 Å². The van der Waals surface area contributed by atoms with Crippen LogP contribution in [0, 0.1) is 0 Å². The second-order valence-electron chi connectivity index (χ2n) is 5.06. The van der Waals surface area contributed by atoms with E-state index in [-0.39, 0.29) is 11.9 Å². The maximum Gasteiger partial charge on any atom is 0.222 e. The van der Waals surface area contributed by atoms with Crippen LogP contribution in [-0.4, -0.2) is 34.5 Å². The Morgan fingerprint density at radius 2 is 2.38 bits per heavy atom. The molecular weight excluding hydrogens is 290 g/mol. The lowest BCUT2D eigenvalue weighted by atomic mass is 10.2. The SMILES string of the molecule is CCOc1cccc2c1nc(CCCl)n2C1CNC(=O)C1. The van der Waals surface area contributed by atoms with E-state index in [1.54, 1.807) is 0 Å². The average molecular weight is 308 g/mol. The molecule has 1 aliphatic heterocycles. The highest BCUT2D eigenvalue weighted by molar-refractivity contribution is 6.17. The number of nitrogens with one attached hydrogen (secondary N) is 1. The summed E-state index contributed by atoms with van der Waals surface area (Å²) in [7, 11) is 0. The van der Waals surface area contributed by atoms with Crippen LogP contribution in [0.4, 0.5) is 0 Å². The zero-order valence-electron chi connectivity index (χ0n) is 11.9. The molecule has 21 heavy (non-hydrogen) atoms. The first-order chi connectivity index (χ1) is 10.2. The van der Waals surface area contributed by atoms with E-state index in [9.17, 15) is 4.79 Å². The van der Waals surface area contributed by atoms with Crippen LogP contribution in [0.15, 0.2) is 18.2 Å². The van der Waals surface area contributed by atoms with E-state index in [0.29, 0.717) is 31.9 Å². The topological polar surface area (TPSA) is 56.1 Å². The molecular formula is C15H18ClN3O2. The maximum absolute atomic E-state index is 11.5. The second kappa shape index (κ2) is 5.93. The number of hydrogen-bond donors (Lipinski definition) is 1. The molecule has 6 heteroatoms. The first-order valence-corrected chi connectivity index (χ1v) is 7.73. The third-order valence-electron chi connectivity index (χ3n) is 3.70. The van der Waals surface area contributed by atoms with E-state index in [4.69, 9.17) is 21.3 Å². The quantitative estimate of drug-likeness (QED) is 0.862. The van der Waals surface area contributed by atoms with Crippen LogP contribution in [0.3, 0.4) is 0 Å². The molecule has 2 aromatic rings. The van der Waals surface area contributed by atoms with Gasteiger partial charge in [0.25, 0.3) is 0 Å². The Morgan fingerprint density at radius 1 is 1.52 bits per heavy atom. The van der Waals surface area contributed by atoms with E-state index < -0.39 is 0 Å². The number of benzene rings is 1. The molecule has 112 valence electrons. The van der Waals surface area contributed by atoms with Crippen molar-refractivity contribution in [2.75, 3.05) is 19.0 Å². The van der Waals surface area contributed by atoms with Crippen LogP contribution in [0.25, 0.3) is 11.0 Å². The third kappa shape index (κ3) is 2.58. The summed E-state index contributed by atoms with van der Waals surface area (Å²) >= 11 is 5.90. The van der Waals surface area contributed by atoms with Crippen molar-refractivity contribution >= 4 is 28.5 Å². The predicted octanol–water partition coefficient (Wildman–Crippen LogP) is 2.28. The predicted molar refractivity (Wildman–Crippen MR) is 82.0 cm³/mol. The van der Waals surface area contributed by atoms with Gasteiger partial charge in [-0.15, -0.1) is 11.6 Å². The highest BCUT2D eigenvalue weighted by atomic mass is 35.5. The van der Waals surface area contributed by atoms with E-state index >= 15 is 0 Å². The molecule has 2 heterocycles. The van der Waals surface area contributed by atoms with Crippen molar-refractivity contribution in [2.45, 2.75) is 25.8 Å². The number of amides is 1. The monoisotopic (exact) mass is 307 g/mol. The minimum Gasteiger partial charge on any atom is -0.492 e. The van der Waals surface area contributed by atoms with Gasteiger partial charge in [0.15, 0.2) is 0 Å². The minimum absolute atomic E-state index is 0.0830. The van der Waals surface area contributed by atoms with Gasteiger partial charge in [-0.1, -0.05) is 6.07 Å². The summed E-state index contributed by atoms with van der Waals surface area (Å²) in [6.07, 6.45) is 1.16. The normalized spacial score (nSPS) is 18.2. The molecule has 1 fully saturated rings. The number of hydrogen-bond acceptors (Lipinski definition) is 3. The van der Waals surface area contributed by atoms with E-state index in [1.165, 1.54) is 0 Å². The van der Waals surface area contributed by atoms with Crippen LogP contribution in [0.1, 0.15) is 25.2 Å². The van der Waals surface area contributed by atoms with Gasteiger partial charge in [0.05, 0.1) is 18.2 Å². The van der Waals surface area contributed by atoms with Gasteiger partial charge in [-0.05, 0) is 19.1 Å². The molecule has 0 bridgehead atoms. The molecule has 1 saturated heterocycles. The van der Waals surface area contributed by atoms with E-state index in [1.807, 2.05) is 25.1 Å². The number of nitrogens with zero attached hydrogens (tertiary/aromatic N) is 2. The molecule has 5 nitrogen and oxygen atoms in total. The van der Waals surface area contributed by atoms with Crippen molar-refractivity contribution in [3.05, 3.63) is 24.0 Å². The molecule has 1 unspecified atom stereocenters. The number of para-hydroxylation sites is 1. The molecule has 0 spiro atoms. The number of fused-ring (bicyclic) bond motifs is 1. The van der Waals surface area contributed by atoms with Crippen LogP contribution >= 0.6 is 11.6 Å². The highest BCUT2D eigenvalue weighted by Crippen LogP contribution is 2.31. The molecule has 1 atom stereocenters. The Morgan fingerprint density at radius 3 is 3.05 bits per heavy atom. The number of rotatable bonds is 5. The van der Waals surface area contributed by atoms with Crippen molar-refractivity contribution in [1.82, 2.24) is 14.9 Å². The van der Waals surface area contributed by atoms with Gasteiger partial charge in [-0.3, -0.25) is 4.79 Å². The molecule has 1 aromatic heterocycles. The summed E-state index contributed by atoms with van der Waals surface area (Å²) in [6.45, 7) is 3.19. The first-order valence-electron chi connectivity index (χ1n) is 7.20. The third-order valence-corrected chi connectivity index (χ3v) is 3.88. The summed E-state index contributed by atoms with van der Waals surface area (Å²) in [6, 6.07) is 6.00. The number of alkyl halides is 1. The Labute approximate surface area is 128 Å². The number of halogens is 1. The van der Waals surface area contributed by atoms with Gasteiger partial charge in [0.1, 0.15) is 17.1 Å². The highest BCUT2D eigenvalue weighted by Gasteiger charge is 2.27. The number of imidazole rings is 1. The Balaban J connectivity index is 2.13. The van der Waals surface area contributed by atoms with Gasteiger partial charge >= 0.3 is 0 Å². The van der Waals surface area contributed by atoms with Crippen LogP contribution in [0.5, 0.6) is 5.75 Å². The largest absolute Gasteiger partial charge is 0.492 e. The maximum atomic E-state index is 11.5. The summed E-state index contributed by atoms with van der Waals surface area (Å²) < 4.78 is 7.80. The molecule has 1 aromatic carbocycles. The zero-order valence-corrected chi connectivity index (χ0v) is 12.7. The van der Waals surface area contributed by atoms with Gasteiger partial charge in [-0.25, -0.2) is 4.98 Å². The number of carbonyl (C=O) groups excluding carboxylic acids is 1.